The molecular weight excluding hydrogens is 304 g/mol. The Bertz CT molecular complexity index is 623. The van der Waals surface area contributed by atoms with Crippen LogP contribution in [0.4, 0.5) is 5.69 Å². The van der Waals surface area contributed by atoms with E-state index in [4.69, 9.17) is 0 Å². The summed E-state index contributed by atoms with van der Waals surface area (Å²) in [4.78, 5) is 14.5. The number of nitrogens with one attached hydrogen (secondary N) is 2. The monoisotopic (exact) mass is 329 g/mol. The van der Waals surface area contributed by atoms with E-state index in [0.29, 0.717) is 6.54 Å². The lowest BCUT2D eigenvalue weighted by atomic mass is 10.2. The highest BCUT2D eigenvalue weighted by atomic mass is 32.2. The largest absolute Gasteiger partial charge is 0.329 e. The fourth-order valence-corrected chi connectivity index (χ4v) is 3.20. The third kappa shape index (κ3) is 6.47. The second kappa shape index (κ2) is 8.75. The van der Waals surface area contributed by atoms with Crippen molar-refractivity contribution in [3.05, 3.63) is 59.7 Å². The van der Waals surface area contributed by atoms with E-state index in [1.807, 2.05) is 43.0 Å². The molecule has 0 aromatic heterocycles. The maximum absolute atomic E-state index is 12.0. The first-order valence-corrected chi connectivity index (χ1v) is 8.89. The summed E-state index contributed by atoms with van der Waals surface area (Å²) in [6.07, 6.45) is 0. The molecule has 0 radical (unpaired) electrons. The highest BCUT2D eigenvalue weighted by Gasteiger charge is 2.10. The van der Waals surface area contributed by atoms with Gasteiger partial charge >= 0.3 is 0 Å². The van der Waals surface area contributed by atoms with E-state index < -0.39 is 0 Å². The molecule has 1 unspecified atom stereocenters. The zero-order valence-electron chi connectivity index (χ0n) is 14.1. The molecule has 2 rings (SSSR count). The van der Waals surface area contributed by atoms with E-state index in [2.05, 4.69) is 43.6 Å². The van der Waals surface area contributed by atoms with Crippen LogP contribution in [0.1, 0.15) is 11.1 Å². The van der Waals surface area contributed by atoms with Crippen molar-refractivity contribution < 1.29 is 9.69 Å². The highest BCUT2D eigenvalue weighted by molar-refractivity contribution is 7.99. The van der Waals surface area contributed by atoms with Gasteiger partial charge in [-0.1, -0.05) is 35.4 Å². The fourth-order valence-electron chi connectivity index (χ4n) is 2.18. The van der Waals surface area contributed by atoms with Crippen LogP contribution < -0.4 is 10.2 Å². The number of benzene rings is 2. The van der Waals surface area contributed by atoms with Gasteiger partial charge in [-0.3, -0.25) is 4.79 Å². The number of anilines is 1. The lowest BCUT2D eigenvalue weighted by Gasteiger charge is -2.13. The van der Waals surface area contributed by atoms with Gasteiger partial charge in [0.1, 0.15) is 0 Å². The summed E-state index contributed by atoms with van der Waals surface area (Å²) in [5.74, 6) is 1.07. The number of amides is 1. The van der Waals surface area contributed by atoms with Crippen LogP contribution in [0.15, 0.2) is 53.4 Å². The molecule has 3 nitrogen and oxygen atoms in total. The standard InChI is InChI=1S/C19H24N2OS/c1-15-4-8-17(9-5-15)20-19(22)14-21(3)12-13-23-18-10-6-16(2)7-11-18/h4-11H,12-14H2,1-3H3,(H,20,22)/p+1. The smallest absolute Gasteiger partial charge is 0.279 e. The predicted octanol–water partition coefficient (Wildman–Crippen LogP) is 2.55. The van der Waals surface area contributed by atoms with Gasteiger partial charge < -0.3 is 10.2 Å². The molecule has 0 aliphatic carbocycles. The summed E-state index contributed by atoms with van der Waals surface area (Å²) in [5, 5.41) is 2.95. The van der Waals surface area contributed by atoms with Gasteiger partial charge in [-0.05, 0) is 38.1 Å². The maximum Gasteiger partial charge on any atom is 0.279 e. The van der Waals surface area contributed by atoms with Crippen LogP contribution in [0.2, 0.25) is 0 Å². The van der Waals surface area contributed by atoms with Crippen LogP contribution >= 0.6 is 11.8 Å². The average Bonchev–Trinajstić information content (AvgIpc) is 2.51. The van der Waals surface area contributed by atoms with Crippen molar-refractivity contribution in [2.75, 3.05) is 31.2 Å². The lowest BCUT2D eigenvalue weighted by molar-refractivity contribution is -0.868. The first-order chi connectivity index (χ1) is 11.0. The molecule has 0 heterocycles. The summed E-state index contributed by atoms with van der Waals surface area (Å²) in [6.45, 7) is 5.58. The predicted molar refractivity (Wildman–Crippen MR) is 98.3 cm³/mol. The quantitative estimate of drug-likeness (QED) is 0.766. The summed E-state index contributed by atoms with van der Waals surface area (Å²) in [5.41, 5.74) is 3.34. The number of hydrogen-bond donors (Lipinski definition) is 2. The number of carbonyl (C=O) groups is 1. The number of quaternary nitrogens is 1. The van der Waals surface area contributed by atoms with Gasteiger partial charge in [0, 0.05) is 16.3 Å². The van der Waals surface area contributed by atoms with E-state index in [9.17, 15) is 4.79 Å². The van der Waals surface area contributed by atoms with Crippen molar-refractivity contribution in [3.8, 4) is 0 Å². The Hall–Kier alpha value is -1.78. The van der Waals surface area contributed by atoms with Crippen molar-refractivity contribution >= 4 is 23.4 Å². The zero-order chi connectivity index (χ0) is 16.7. The molecule has 1 amide bonds. The van der Waals surface area contributed by atoms with Crippen LogP contribution in [0, 0.1) is 13.8 Å². The first kappa shape index (κ1) is 17.6. The van der Waals surface area contributed by atoms with Gasteiger partial charge in [-0.25, -0.2) is 0 Å². The number of aryl methyl sites for hydroxylation is 2. The van der Waals surface area contributed by atoms with Gasteiger partial charge in [0.25, 0.3) is 5.91 Å². The summed E-state index contributed by atoms with van der Waals surface area (Å²) in [7, 11) is 2.06. The Morgan fingerprint density at radius 2 is 1.57 bits per heavy atom. The molecule has 0 spiro atoms. The molecule has 0 fully saturated rings. The Labute approximate surface area is 143 Å². The molecule has 0 aliphatic heterocycles. The average molecular weight is 329 g/mol. The first-order valence-electron chi connectivity index (χ1n) is 7.90. The molecule has 2 aromatic carbocycles. The van der Waals surface area contributed by atoms with Crippen molar-refractivity contribution in [2.24, 2.45) is 0 Å². The second-order valence-electron chi connectivity index (χ2n) is 5.96. The van der Waals surface area contributed by atoms with Crippen LogP contribution in [-0.4, -0.2) is 31.8 Å². The number of carbonyl (C=O) groups excluding carboxylic acids is 1. The lowest BCUT2D eigenvalue weighted by Crippen LogP contribution is -3.10. The normalized spacial score (nSPS) is 12.0. The molecule has 4 heteroatoms. The number of thioether (sulfide) groups is 1. The highest BCUT2D eigenvalue weighted by Crippen LogP contribution is 2.17. The number of likely N-dealkylation sites (N-methyl/N-ethyl adjacent to an activating group) is 1. The van der Waals surface area contributed by atoms with E-state index in [1.54, 1.807) is 0 Å². The topological polar surface area (TPSA) is 33.5 Å². The minimum atomic E-state index is 0.0617. The van der Waals surface area contributed by atoms with Gasteiger partial charge in [-0.15, -0.1) is 11.8 Å². The molecular formula is C19H25N2OS+. The molecule has 1 atom stereocenters. The molecule has 2 aromatic rings. The number of hydrogen-bond acceptors (Lipinski definition) is 2. The van der Waals surface area contributed by atoms with Gasteiger partial charge in [0.05, 0.1) is 13.6 Å². The molecule has 0 saturated heterocycles. The summed E-state index contributed by atoms with van der Waals surface area (Å²) in [6, 6.07) is 16.5. The SMILES string of the molecule is Cc1ccc(NC(=O)C[NH+](C)CCSc2ccc(C)cc2)cc1. The summed E-state index contributed by atoms with van der Waals surface area (Å²) < 4.78 is 0. The molecule has 0 bridgehead atoms. The Morgan fingerprint density at radius 3 is 2.17 bits per heavy atom. The van der Waals surface area contributed by atoms with Crippen LogP contribution in [0.3, 0.4) is 0 Å². The Morgan fingerprint density at radius 1 is 1.00 bits per heavy atom. The number of rotatable bonds is 7. The van der Waals surface area contributed by atoms with Crippen LogP contribution in [-0.2, 0) is 4.79 Å². The third-order valence-corrected chi connectivity index (χ3v) is 4.63. The van der Waals surface area contributed by atoms with Gasteiger partial charge in [-0.2, -0.15) is 0 Å². The molecule has 122 valence electrons. The molecule has 0 saturated carbocycles. The van der Waals surface area contributed by atoms with E-state index in [1.165, 1.54) is 20.9 Å². The van der Waals surface area contributed by atoms with Gasteiger partial charge in [0.2, 0.25) is 0 Å². The van der Waals surface area contributed by atoms with Gasteiger partial charge in [0.15, 0.2) is 6.54 Å². The van der Waals surface area contributed by atoms with Crippen molar-refractivity contribution in [3.63, 3.8) is 0 Å². The zero-order valence-corrected chi connectivity index (χ0v) is 14.9. The second-order valence-corrected chi connectivity index (χ2v) is 7.13. The van der Waals surface area contributed by atoms with Crippen LogP contribution in [0.5, 0.6) is 0 Å². The van der Waals surface area contributed by atoms with E-state index in [-0.39, 0.29) is 5.91 Å². The third-order valence-electron chi connectivity index (χ3n) is 3.62. The summed E-state index contributed by atoms with van der Waals surface area (Å²) >= 11 is 1.84. The minimum absolute atomic E-state index is 0.0617. The minimum Gasteiger partial charge on any atom is -0.329 e. The van der Waals surface area contributed by atoms with Crippen molar-refractivity contribution in [1.29, 1.82) is 0 Å². The Kier molecular flexibility index (Phi) is 6.68. The Balaban J connectivity index is 1.69. The molecule has 23 heavy (non-hydrogen) atoms. The van der Waals surface area contributed by atoms with E-state index in [0.717, 1.165) is 18.0 Å². The van der Waals surface area contributed by atoms with Crippen molar-refractivity contribution in [1.82, 2.24) is 0 Å². The molecule has 2 N–H and O–H groups in total. The van der Waals surface area contributed by atoms with Crippen molar-refractivity contribution in [2.45, 2.75) is 18.7 Å². The van der Waals surface area contributed by atoms with E-state index >= 15 is 0 Å². The molecule has 0 aliphatic rings. The maximum atomic E-state index is 12.0. The fraction of sp³-hybridized carbons (Fsp3) is 0.316. The van der Waals surface area contributed by atoms with Crippen LogP contribution in [0.25, 0.3) is 0 Å².